The van der Waals surface area contributed by atoms with Crippen molar-refractivity contribution >= 4 is 28.9 Å². The summed E-state index contributed by atoms with van der Waals surface area (Å²) >= 11 is 5.99. The van der Waals surface area contributed by atoms with E-state index in [1.54, 1.807) is 6.07 Å². The highest BCUT2D eigenvalue weighted by molar-refractivity contribution is 6.30. The zero-order valence-electron chi connectivity index (χ0n) is 20.9. The highest BCUT2D eigenvalue weighted by Crippen LogP contribution is 2.36. The number of hydrogen-bond acceptors (Lipinski definition) is 3. The Morgan fingerprint density at radius 2 is 1.69 bits per heavy atom. The first-order valence-corrected chi connectivity index (χ1v) is 13.1. The van der Waals surface area contributed by atoms with Gasteiger partial charge in [0, 0.05) is 47.5 Å². The van der Waals surface area contributed by atoms with Crippen LogP contribution in [-0.4, -0.2) is 31.6 Å². The summed E-state index contributed by atoms with van der Waals surface area (Å²) in [4.78, 5) is 15.3. The van der Waals surface area contributed by atoms with Gasteiger partial charge in [0.1, 0.15) is 0 Å². The summed E-state index contributed by atoms with van der Waals surface area (Å²) in [5.74, 6) is 0.520. The number of rotatable bonds is 6. The molecule has 2 N–H and O–H groups in total. The quantitative estimate of drug-likeness (QED) is 0.427. The van der Waals surface area contributed by atoms with E-state index in [1.807, 2.05) is 24.3 Å². The van der Waals surface area contributed by atoms with Crippen molar-refractivity contribution in [1.29, 1.82) is 0 Å². The van der Waals surface area contributed by atoms with Gasteiger partial charge in [-0.25, -0.2) is 0 Å². The minimum absolute atomic E-state index is 0.123. The number of nitrogens with zero attached hydrogens (tertiary/aromatic N) is 1. The molecular weight excluding hydrogens is 487 g/mol. The number of amides is 1. The van der Waals surface area contributed by atoms with Crippen molar-refractivity contribution in [2.75, 3.05) is 29.9 Å². The van der Waals surface area contributed by atoms with Crippen LogP contribution in [0.4, 0.5) is 24.5 Å². The van der Waals surface area contributed by atoms with Gasteiger partial charge >= 0.3 is 6.18 Å². The average molecular weight is 522 g/mol. The van der Waals surface area contributed by atoms with Crippen molar-refractivity contribution in [3.05, 3.63) is 58.6 Å². The molecule has 1 aliphatic carbocycles. The Morgan fingerprint density at radius 3 is 2.31 bits per heavy atom. The van der Waals surface area contributed by atoms with E-state index in [1.165, 1.54) is 19.1 Å². The van der Waals surface area contributed by atoms with Crippen molar-refractivity contribution < 1.29 is 18.0 Å². The maximum Gasteiger partial charge on any atom is 0.416 e. The molecule has 4 rings (SSSR count). The number of aryl methyl sites for hydroxylation is 1. The van der Waals surface area contributed by atoms with E-state index < -0.39 is 11.7 Å². The summed E-state index contributed by atoms with van der Waals surface area (Å²) in [7, 11) is 0. The third-order valence-corrected chi connectivity index (χ3v) is 8.17. The van der Waals surface area contributed by atoms with E-state index in [2.05, 4.69) is 22.5 Å². The number of anilines is 2. The van der Waals surface area contributed by atoms with Crippen molar-refractivity contribution in [2.45, 2.75) is 64.6 Å². The number of benzene rings is 2. The largest absolute Gasteiger partial charge is 0.416 e. The van der Waals surface area contributed by atoms with Gasteiger partial charge in [-0.1, -0.05) is 24.6 Å². The van der Waals surface area contributed by atoms with Gasteiger partial charge in [-0.2, -0.15) is 13.2 Å². The molecule has 0 unspecified atom stereocenters. The summed E-state index contributed by atoms with van der Waals surface area (Å²) in [6.07, 6.45) is 0.893. The topological polar surface area (TPSA) is 44.4 Å². The third-order valence-electron chi connectivity index (χ3n) is 7.92. The second kappa shape index (κ2) is 10.9. The molecule has 0 spiro atoms. The predicted octanol–water partition coefficient (Wildman–Crippen LogP) is 7.06. The summed E-state index contributed by atoms with van der Waals surface area (Å²) in [6, 6.07) is 12.4. The monoisotopic (exact) mass is 521 g/mol. The molecule has 0 bridgehead atoms. The Morgan fingerprint density at radius 1 is 1.06 bits per heavy atom. The van der Waals surface area contributed by atoms with Gasteiger partial charge in [0.2, 0.25) is 5.91 Å². The average Bonchev–Trinajstić information content (AvgIpc) is 2.85. The van der Waals surface area contributed by atoms with Crippen LogP contribution in [0.5, 0.6) is 0 Å². The van der Waals surface area contributed by atoms with E-state index in [0.717, 1.165) is 62.3 Å². The Bertz CT molecular complexity index is 1040. The first-order valence-electron chi connectivity index (χ1n) is 12.8. The highest BCUT2D eigenvalue weighted by Gasteiger charge is 2.37. The van der Waals surface area contributed by atoms with Crippen LogP contribution in [0.2, 0.25) is 5.02 Å². The Labute approximate surface area is 216 Å². The van der Waals surface area contributed by atoms with Crippen LogP contribution in [0.1, 0.15) is 56.6 Å². The molecular formula is C28H35ClF3N3O. The second-order valence-electron chi connectivity index (χ2n) is 10.6. The molecule has 8 heteroatoms. The van der Waals surface area contributed by atoms with Gasteiger partial charge in [-0.15, -0.1) is 0 Å². The number of carbonyl (C=O) groups is 1. The summed E-state index contributed by atoms with van der Waals surface area (Å²) in [5, 5.41) is 7.20. The molecule has 1 saturated carbocycles. The maximum atomic E-state index is 13.2. The molecule has 36 heavy (non-hydrogen) atoms. The molecule has 0 aromatic heterocycles. The fraction of sp³-hybridized carbons (Fsp3) is 0.536. The number of halogens is 4. The maximum absolute atomic E-state index is 13.2. The van der Waals surface area contributed by atoms with E-state index in [9.17, 15) is 18.0 Å². The fourth-order valence-corrected chi connectivity index (χ4v) is 5.48. The van der Waals surface area contributed by atoms with E-state index in [4.69, 9.17) is 11.6 Å². The Kier molecular flexibility index (Phi) is 8.08. The van der Waals surface area contributed by atoms with E-state index >= 15 is 0 Å². The van der Waals surface area contributed by atoms with Gasteiger partial charge in [0.15, 0.2) is 0 Å². The molecule has 1 heterocycles. The Hall–Kier alpha value is -2.41. The number of hydrogen-bond donors (Lipinski definition) is 2. The first-order chi connectivity index (χ1) is 17.0. The van der Waals surface area contributed by atoms with Crippen molar-refractivity contribution in [2.24, 2.45) is 11.3 Å². The minimum Gasteiger partial charge on any atom is -0.382 e. The predicted molar refractivity (Wildman–Crippen MR) is 140 cm³/mol. The van der Waals surface area contributed by atoms with Gasteiger partial charge < -0.3 is 15.5 Å². The van der Waals surface area contributed by atoms with Gasteiger partial charge in [0.25, 0.3) is 0 Å². The highest BCUT2D eigenvalue weighted by atomic mass is 35.5. The van der Waals surface area contributed by atoms with Crippen LogP contribution in [-0.2, 0) is 11.0 Å². The zero-order chi connectivity index (χ0) is 25.9. The fourth-order valence-electron chi connectivity index (χ4n) is 5.35. The molecule has 196 valence electrons. The lowest BCUT2D eigenvalue weighted by atomic mass is 9.79. The number of nitrogens with one attached hydrogen (secondary N) is 2. The lowest BCUT2D eigenvalue weighted by molar-refractivity contribution is -0.138. The molecule has 2 aliphatic rings. The summed E-state index contributed by atoms with van der Waals surface area (Å²) < 4.78 is 39.6. The first kappa shape index (κ1) is 26.6. The van der Waals surface area contributed by atoms with Gasteiger partial charge in [-0.3, -0.25) is 4.79 Å². The number of carbonyl (C=O) groups excluding carboxylic acids is 1. The summed E-state index contributed by atoms with van der Waals surface area (Å²) in [6.45, 7) is 5.86. The lowest BCUT2D eigenvalue weighted by Gasteiger charge is -2.40. The van der Waals surface area contributed by atoms with E-state index in [-0.39, 0.29) is 22.9 Å². The van der Waals surface area contributed by atoms with Gasteiger partial charge in [0.05, 0.1) is 5.56 Å². The standard InChI is InChI=1S/C28H35ClF3N3O/c1-19-3-8-23(17-25(19)28(30,31)32)34-22-9-4-20(5-10-22)18-33-26(36)27(2)13-15-35(16-14-27)24-11-6-21(29)7-12-24/h3,6-8,11-12,17,20,22,34H,4-5,9-10,13-16,18H2,1-2H3,(H,33,36). The molecule has 2 aromatic rings. The SMILES string of the molecule is Cc1ccc(NC2CCC(CNC(=O)C3(C)CCN(c4ccc(Cl)cc4)CC3)CC2)cc1C(F)(F)F. The smallest absolute Gasteiger partial charge is 0.382 e. The third kappa shape index (κ3) is 6.47. The van der Waals surface area contributed by atoms with Crippen LogP contribution in [0.15, 0.2) is 42.5 Å². The zero-order valence-corrected chi connectivity index (χ0v) is 21.7. The molecule has 1 saturated heterocycles. The van der Waals surface area contributed by atoms with Crippen LogP contribution in [0.3, 0.4) is 0 Å². The van der Waals surface area contributed by atoms with Crippen LogP contribution in [0.25, 0.3) is 0 Å². The molecule has 2 fully saturated rings. The van der Waals surface area contributed by atoms with Crippen LogP contribution in [0, 0.1) is 18.3 Å². The minimum atomic E-state index is -4.35. The van der Waals surface area contributed by atoms with Crippen molar-refractivity contribution in [3.8, 4) is 0 Å². The van der Waals surface area contributed by atoms with Crippen molar-refractivity contribution in [3.63, 3.8) is 0 Å². The van der Waals surface area contributed by atoms with Crippen LogP contribution >= 0.6 is 11.6 Å². The number of piperidine rings is 1. The summed E-state index contributed by atoms with van der Waals surface area (Å²) in [5.41, 5.74) is 0.923. The van der Waals surface area contributed by atoms with Crippen LogP contribution < -0.4 is 15.5 Å². The molecule has 1 aliphatic heterocycles. The normalized spacial score (nSPS) is 22.2. The second-order valence-corrected chi connectivity index (χ2v) is 11.1. The number of alkyl halides is 3. The molecule has 2 aromatic carbocycles. The molecule has 4 nitrogen and oxygen atoms in total. The molecule has 0 radical (unpaired) electrons. The van der Waals surface area contributed by atoms with Crippen molar-refractivity contribution in [1.82, 2.24) is 5.32 Å². The molecule has 1 amide bonds. The lowest BCUT2D eigenvalue weighted by Crippen LogP contribution is -2.48. The van der Waals surface area contributed by atoms with Gasteiger partial charge in [-0.05, 0) is 93.3 Å². The van der Waals surface area contributed by atoms with E-state index in [0.29, 0.717) is 18.2 Å². The molecule has 0 atom stereocenters. The Balaban J connectivity index is 1.21.